The zero-order chi connectivity index (χ0) is 9.90. The molecule has 1 aliphatic carbocycles. The van der Waals surface area contributed by atoms with Crippen LogP contribution in [0, 0.1) is 5.92 Å². The molecule has 2 atom stereocenters. The van der Waals surface area contributed by atoms with Crippen LogP contribution in [-0.2, 0) is 0 Å². The van der Waals surface area contributed by atoms with Crippen LogP contribution in [0.4, 0.5) is 0 Å². The maximum Gasteiger partial charge on any atom is 0.0325 e. The summed E-state index contributed by atoms with van der Waals surface area (Å²) in [7, 11) is 4.34. The van der Waals surface area contributed by atoms with Crippen molar-refractivity contribution in [3.63, 3.8) is 0 Å². The number of hydrogen-bond donors (Lipinski definition) is 1. The van der Waals surface area contributed by atoms with Gasteiger partial charge in [0.05, 0.1) is 0 Å². The van der Waals surface area contributed by atoms with Gasteiger partial charge in [0.15, 0.2) is 0 Å². The number of likely N-dealkylation sites (N-methyl/N-ethyl adjacent to an activating group) is 1. The molecular weight excluding hydrogens is 160 g/mol. The summed E-state index contributed by atoms with van der Waals surface area (Å²) in [6, 6.07) is 0. The fourth-order valence-electron chi connectivity index (χ4n) is 2.40. The van der Waals surface area contributed by atoms with E-state index in [0.717, 1.165) is 12.5 Å². The van der Waals surface area contributed by atoms with Gasteiger partial charge in [0.2, 0.25) is 0 Å². The lowest BCUT2D eigenvalue weighted by Crippen LogP contribution is -2.49. The van der Waals surface area contributed by atoms with Gasteiger partial charge in [-0.15, -0.1) is 0 Å². The van der Waals surface area contributed by atoms with E-state index in [2.05, 4.69) is 25.9 Å². The van der Waals surface area contributed by atoms with E-state index in [4.69, 9.17) is 5.73 Å². The first-order chi connectivity index (χ1) is 6.10. The standard InChI is InChI=1S/C11H24N2/c1-10-5-4-7-11(9-12,8-6-10)13(2)3/h10H,4-9,12H2,1-3H3. The second kappa shape index (κ2) is 4.43. The van der Waals surface area contributed by atoms with Crippen molar-refractivity contribution in [2.45, 2.75) is 44.6 Å². The van der Waals surface area contributed by atoms with Gasteiger partial charge in [-0.3, -0.25) is 0 Å². The first-order valence-electron chi connectivity index (χ1n) is 5.48. The van der Waals surface area contributed by atoms with Crippen LogP contribution < -0.4 is 5.73 Å². The van der Waals surface area contributed by atoms with Gasteiger partial charge >= 0.3 is 0 Å². The molecule has 0 heterocycles. The second-order valence-electron chi connectivity index (χ2n) is 4.86. The first kappa shape index (κ1) is 11.0. The molecule has 0 bridgehead atoms. The first-order valence-corrected chi connectivity index (χ1v) is 5.48. The van der Waals surface area contributed by atoms with Gasteiger partial charge < -0.3 is 10.6 Å². The third-order valence-corrected chi connectivity index (χ3v) is 3.77. The molecule has 1 aliphatic rings. The summed E-state index contributed by atoms with van der Waals surface area (Å²) in [6.07, 6.45) is 6.63. The van der Waals surface area contributed by atoms with Crippen LogP contribution in [-0.4, -0.2) is 31.1 Å². The quantitative estimate of drug-likeness (QED) is 0.664. The van der Waals surface area contributed by atoms with Crippen molar-refractivity contribution in [1.29, 1.82) is 0 Å². The maximum absolute atomic E-state index is 5.91. The van der Waals surface area contributed by atoms with Crippen LogP contribution in [0.5, 0.6) is 0 Å². The smallest absolute Gasteiger partial charge is 0.0325 e. The van der Waals surface area contributed by atoms with Crippen molar-refractivity contribution in [1.82, 2.24) is 4.90 Å². The van der Waals surface area contributed by atoms with E-state index >= 15 is 0 Å². The highest BCUT2D eigenvalue weighted by Crippen LogP contribution is 2.32. The lowest BCUT2D eigenvalue weighted by molar-refractivity contribution is 0.137. The molecule has 2 nitrogen and oxygen atoms in total. The van der Waals surface area contributed by atoms with E-state index in [9.17, 15) is 0 Å². The van der Waals surface area contributed by atoms with Gasteiger partial charge in [-0.1, -0.05) is 19.8 Å². The number of hydrogen-bond acceptors (Lipinski definition) is 2. The molecule has 0 aliphatic heterocycles. The van der Waals surface area contributed by atoms with Gasteiger partial charge in [0.25, 0.3) is 0 Å². The average Bonchev–Trinajstić information content (AvgIpc) is 2.28. The molecule has 1 saturated carbocycles. The van der Waals surface area contributed by atoms with Gasteiger partial charge in [-0.05, 0) is 39.3 Å². The van der Waals surface area contributed by atoms with Crippen molar-refractivity contribution in [2.24, 2.45) is 11.7 Å². The topological polar surface area (TPSA) is 29.3 Å². The highest BCUT2D eigenvalue weighted by Gasteiger charge is 2.32. The Labute approximate surface area is 82.5 Å². The monoisotopic (exact) mass is 184 g/mol. The van der Waals surface area contributed by atoms with E-state index in [0.29, 0.717) is 5.54 Å². The van der Waals surface area contributed by atoms with Crippen molar-refractivity contribution < 1.29 is 0 Å². The van der Waals surface area contributed by atoms with Gasteiger partial charge in [0, 0.05) is 12.1 Å². The fourth-order valence-corrected chi connectivity index (χ4v) is 2.40. The molecule has 1 rings (SSSR count). The predicted molar refractivity (Wildman–Crippen MR) is 57.7 cm³/mol. The molecule has 0 saturated heterocycles. The normalized spacial score (nSPS) is 36.2. The molecule has 0 radical (unpaired) electrons. The summed E-state index contributed by atoms with van der Waals surface area (Å²) < 4.78 is 0. The molecular formula is C11H24N2. The summed E-state index contributed by atoms with van der Waals surface area (Å²) in [6.45, 7) is 3.18. The van der Waals surface area contributed by atoms with E-state index in [1.807, 2.05) is 0 Å². The van der Waals surface area contributed by atoms with Crippen LogP contribution in [0.2, 0.25) is 0 Å². The minimum Gasteiger partial charge on any atom is -0.329 e. The Morgan fingerprint density at radius 2 is 2.00 bits per heavy atom. The Kier molecular flexibility index (Phi) is 3.74. The minimum atomic E-state index is 0.296. The predicted octanol–water partition coefficient (Wildman–Crippen LogP) is 1.85. The molecule has 13 heavy (non-hydrogen) atoms. The Balaban J connectivity index is 2.64. The molecule has 2 heteroatoms. The van der Waals surface area contributed by atoms with Gasteiger partial charge in [-0.25, -0.2) is 0 Å². The molecule has 0 spiro atoms. The Morgan fingerprint density at radius 1 is 1.31 bits per heavy atom. The summed E-state index contributed by atoms with van der Waals surface area (Å²) in [5.74, 6) is 0.897. The SMILES string of the molecule is CC1CCCC(CN)(N(C)C)CC1. The molecule has 0 aromatic rings. The lowest BCUT2D eigenvalue weighted by atomic mass is 9.88. The summed E-state index contributed by atoms with van der Waals surface area (Å²) in [5, 5.41) is 0. The number of nitrogens with two attached hydrogens (primary N) is 1. The second-order valence-corrected chi connectivity index (χ2v) is 4.86. The molecule has 1 fully saturated rings. The van der Waals surface area contributed by atoms with Crippen molar-refractivity contribution in [3.05, 3.63) is 0 Å². The van der Waals surface area contributed by atoms with Crippen LogP contribution >= 0.6 is 0 Å². The third kappa shape index (κ3) is 2.44. The van der Waals surface area contributed by atoms with Crippen molar-refractivity contribution in [2.75, 3.05) is 20.6 Å². The number of nitrogens with zero attached hydrogens (tertiary/aromatic N) is 1. The van der Waals surface area contributed by atoms with E-state index < -0.39 is 0 Å². The van der Waals surface area contributed by atoms with Gasteiger partial charge in [-0.2, -0.15) is 0 Å². The number of rotatable bonds is 2. The van der Waals surface area contributed by atoms with Crippen LogP contribution in [0.3, 0.4) is 0 Å². The Bertz CT molecular complexity index is 156. The molecule has 2 N–H and O–H groups in total. The Morgan fingerprint density at radius 3 is 2.54 bits per heavy atom. The molecule has 0 amide bonds. The molecule has 2 unspecified atom stereocenters. The molecule has 0 aromatic carbocycles. The Hall–Kier alpha value is -0.0800. The molecule has 0 aromatic heterocycles. The van der Waals surface area contributed by atoms with E-state index in [1.54, 1.807) is 0 Å². The van der Waals surface area contributed by atoms with Crippen molar-refractivity contribution in [3.8, 4) is 0 Å². The van der Waals surface area contributed by atoms with E-state index in [-0.39, 0.29) is 0 Å². The minimum absolute atomic E-state index is 0.296. The lowest BCUT2D eigenvalue weighted by Gasteiger charge is -2.38. The van der Waals surface area contributed by atoms with Gasteiger partial charge in [0.1, 0.15) is 0 Å². The summed E-state index contributed by atoms with van der Waals surface area (Å²) in [5.41, 5.74) is 6.21. The largest absolute Gasteiger partial charge is 0.329 e. The molecule has 78 valence electrons. The zero-order valence-electron chi connectivity index (χ0n) is 9.34. The third-order valence-electron chi connectivity index (χ3n) is 3.77. The van der Waals surface area contributed by atoms with E-state index in [1.165, 1.54) is 32.1 Å². The van der Waals surface area contributed by atoms with Crippen molar-refractivity contribution >= 4 is 0 Å². The van der Waals surface area contributed by atoms with Crippen LogP contribution in [0.25, 0.3) is 0 Å². The summed E-state index contributed by atoms with van der Waals surface area (Å²) in [4.78, 5) is 2.34. The zero-order valence-corrected chi connectivity index (χ0v) is 9.34. The highest BCUT2D eigenvalue weighted by atomic mass is 15.2. The average molecular weight is 184 g/mol. The summed E-state index contributed by atoms with van der Waals surface area (Å²) >= 11 is 0. The van der Waals surface area contributed by atoms with Crippen LogP contribution in [0.15, 0.2) is 0 Å². The maximum atomic E-state index is 5.91. The fraction of sp³-hybridized carbons (Fsp3) is 1.00. The van der Waals surface area contributed by atoms with Crippen LogP contribution in [0.1, 0.15) is 39.0 Å². The highest BCUT2D eigenvalue weighted by molar-refractivity contribution is 4.91.